The Kier molecular flexibility index (Phi) is 6.88. The molecule has 1 saturated heterocycles. The van der Waals surface area contributed by atoms with E-state index in [1.54, 1.807) is 5.38 Å². The first-order valence-corrected chi connectivity index (χ1v) is 13.4. The minimum atomic E-state index is -3.77. The number of anilines is 2. The van der Waals surface area contributed by atoms with Gasteiger partial charge < -0.3 is 10.2 Å². The second-order valence-corrected chi connectivity index (χ2v) is 11.4. The molecule has 0 radical (unpaired) electrons. The van der Waals surface area contributed by atoms with Crippen molar-refractivity contribution in [2.24, 2.45) is 0 Å². The molecule has 2 aromatic carbocycles. The topological polar surface area (TPSA) is 69.7 Å². The van der Waals surface area contributed by atoms with Gasteiger partial charge >= 0.3 is 0 Å². The van der Waals surface area contributed by atoms with Crippen molar-refractivity contribution < 1.29 is 13.2 Å². The lowest BCUT2D eigenvalue weighted by molar-refractivity contribution is 0.102. The van der Waals surface area contributed by atoms with Gasteiger partial charge in [-0.3, -0.25) is 4.79 Å². The van der Waals surface area contributed by atoms with Crippen LogP contribution in [0.1, 0.15) is 40.6 Å². The summed E-state index contributed by atoms with van der Waals surface area (Å²) in [5.41, 5.74) is 4.05. The van der Waals surface area contributed by atoms with Crippen LogP contribution >= 0.6 is 11.3 Å². The zero-order valence-corrected chi connectivity index (χ0v) is 20.7. The SMILES string of the molecule is Cc1cccc(N2CCN(S(=O)(=O)c3ccsc3C(=O)Nc3cccc(C(C)C)c3)CC2)c1. The van der Waals surface area contributed by atoms with Crippen molar-refractivity contribution in [3.05, 3.63) is 76.0 Å². The van der Waals surface area contributed by atoms with E-state index < -0.39 is 15.9 Å². The molecule has 0 spiro atoms. The third-order valence-electron chi connectivity index (χ3n) is 5.87. The molecule has 0 aliphatic carbocycles. The van der Waals surface area contributed by atoms with Gasteiger partial charge in [0.15, 0.2) is 0 Å². The molecule has 6 nitrogen and oxygen atoms in total. The summed E-state index contributed by atoms with van der Waals surface area (Å²) >= 11 is 1.15. The van der Waals surface area contributed by atoms with Crippen molar-refractivity contribution in [2.45, 2.75) is 31.6 Å². The largest absolute Gasteiger partial charge is 0.369 e. The fraction of sp³-hybridized carbons (Fsp3) is 0.320. The quantitative estimate of drug-likeness (QED) is 0.539. The molecule has 33 heavy (non-hydrogen) atoms. The average molecular weight is 484 g/mol. The number of hydrogen-bond acceptors (Lipinski definition) is 5. The fourth-order valence-electron chi connectivity index (χ4n) is 3.98. The molecule has 2 heterocycles. The highest BCUT2D eigenvalue weighted by molar-refractivity contribution is 7.89. The maximum Gasteiger partial charge on any atom is 0.267 e. The van der Waals surface area contributed by atoms with E-state index in [4.69, 9.17) is 0 Å². The number of thiophene rings is 1. The Morgan fingerprint density at radius 3 is 2.42 bits per heavy atom. The van der Waals surface area contributed by atoms with Gasteiger partial charge in [0.1, 0.15) is 9.77 Å². The van der Waals surface area contributed by atoms with Crippen LogP contribution in [0.15, 0.2) is 64.9 Å². The number of aryl methyl sites for hydroxylation is 1. The first kappa shape index (κ1) is 23.5. The second-order valence-electron chi connectivity index (χ2n) is 8.58. The van der Waals surface area contributed by atoms with Crippen molar-refractivity contribution >= 4 is 38.6 Å². The summed E-state index contributed by atoms with van der Waals surface area (Å²) in [5.74, 6) is -0.0686. The van der Waals surface area contributed by atoms with Gasteiger partial charge in [0.05, 0.1) is 0 Å². The predicted octanol–water partition coefficient (Wildman–Crippen LogP) is 4.94. The number of sulfonamides is 1. The van der Waals surface area contributed by atoms with Gasteiger partial charge in [-0.05, 0) is 59.7 Å². The van der Waals surface area contributed by atoms with Crippen LogP contribution in [0.25, 0.3) is 0 Å². The third-order valence-corrected chi connectivity index (χ3v) is 8.85. The highest BCUT2D eigenvalue weighted by Crippen LogP contribution is 2.28. The van der Waals surface area contributed by atoms with E-state index in [9.17, 15) is 13.2 Å². The molecule has 1 aliphatic rings. The first-order chi connectivity index (χ1) is 15.8. The number of piperazine rings is 1. The zero-order valence-electron chi connectivity index (χ0n) is 19.1. The highest BCUT2D eigenvalue weighted by atomic mass is 32.2. The monoisotopic (exact) mass is 483 g/mol. The lowest BCUT2D eigenvalue weighted by Crippen LogP contribution is -2.48. The Morgan fingerprint density at radius 1 is 1.00 bits per heavy atom. The van der Waals surface area contributed by atoms with Crippen LogP contribution in [0.3, 0.4) is 0 Å². The molecule has 0 bridgehead atoms. The zero-order chi connectivity index (χ0) is 23.6. The van der Waals surface area contributed by atoms with E-state index in [1.165, 1.54) is 15.9 Å². The Bertz CT molecular complexity index is 1240. The Hall–Kier alpha value is -2.68. The standard InChI is InChI=1S/C25H29N3O3S2/c1-18(2)20-7-5-8-21(17-20)26-25(29)24-23(10-15-32-24)33(30,31)28-13-11-27(12-14-28)22-9-4-6-19(3)16-22/h4-10,15-18H,11-14H2,1-3H3,(H,26,29). The minimum Gasteiger partial charge on any atom is -0.369 e. The van der Waals surface area contributed by atoms with E-state index in [0.29, 0.717) is 37.8 Å². The van der Waals surface area contributed by atoms with Crippen LogP contribution in [0.2, 0.25) is 0 Å². The average Bonchev–Trinajstić information content (AvgIpc) is 3.30. The van der Waals surface area contributed by atoms with Crippen LogP contribution in [-0.4, -0.2) is 44.8 Å². The minimum absolute atomic E-state index is 0.0778. The molecule has 0 atom stereocenters. The van der Waals surface area contributed by atoms with Crippen LogP contribution < -0.4 is 10.2 Å². The lowest BCUT2D eigenvalue weighted by Gasteiger charge is -2.35. The third kappa shape index (κ3) is 5.13. The maximum atomic E-state index is 13.4. The Morgan fingerprint density at radius 2 is 1.73 bits per heavy atom. The molecular formula is C25H29N3O3S2. The number of carbonyl (C=O) groups excluding carboxylic acids is 1. The summed E-state index contributed by atoms with van der Waals surface area (Å²) in [7, 11) is -3.77. The predicted molar refractivity (Wildman–Crippen MR) is 135 cm³/mol. The molecule has 1 aliphatic heterocycles. The number of benzene rings is 2. The van der Waals surface area contributed by atoms with Crippen molar-refractivity contribution in [1.82, 2.24) is 4.31 Å². The van der Waals surface area contributed by atoms with E-state index in [2.05, 4.69) is 30.1 Å². The van der Waals surface area contributed by atoms with Gasteiger partial charge in [0, 0.05) is 37.6 Å². The number of nitrogens with one attached hydrogen (secondary N) is 1. The summed E-state index contributed by atoms with van der Waals surface area (Å²) in [6.07, 6.45) is 0. The van der Waals surface area contributed by atoms with Gasteiger partial charge in [-0.2, -0.15) is 4.31 Å². The molecule has 1 aromatic heterocycles. The molecule has 1 amide bonds. The molecule has 4 rings (SSSR count). The highest BCUT2D eigenvalue weighted by Gasteiger charge is 2.32. The van der Waals surface area contributed by atoms with Gasteiger partial charge in [-0.25, -0.2) is 8.42 Å². The summed E-state index contributed by atoms with van der Waals surface area (Å²) in [6, 6.07) is 17.4. The first-order valence-electron chi connectivity index (χ1n) is 11.1. The number of carbonyl (C=O) groups is 1. The van der Waals surface area contributed by atoms with Crippen molar-refractivity contribution in [1.29, 1.82) is 0 Å². The van der Waals surface area contributed by atoms with E-state index in [1.807, 2.05) is 49.4 Å². The van der Waals surface area contributed by atoms with Gasteiger partial charge in [-0.15, -0.1) is 11.3 Å². The molecular weight excluding hydrogens is 454 g/mol. The molecule has 8 heteroatoms. The maximum absolute atomic E-state index is 13.4. The number of amides is 1. The summed E-state index contributed by atoms with van der Waals surface area (Å²) in [5, 5.41) is 4.53. The van der Waals surface area contributed by atoms with Gasteiger partial charge in [0.25, 0.3) is 5.91 Å². The van der Waals surface area contributed by atoms with Crippen molar-refractivity contribution in [3.63, 3.8) is 0 Å². The second kappa shape index (κ2) is 9.67. The van der Waals surface area contributed by atoms with E-state index >= 15 is 0 Å². The van der Waals surface area contributed by atoms with Gasteiger partial charge in [0.2, 0.25) is 10.0 Å². The number of nitrogens with zero attached hydrogens (tertiary/aromatic N) is 2. The summed E-state index contributed by atoms with van der Waals surface area (Å²) in [6.45, 7) is 8.19. The van der Waals surface area contributed by atoms with E-state index in [-0.39, 0.29) is 9.77 Å². The smallest absolute Gasteiger partial charge is 0.267 e. The number of hydrogen-bond donors (Lipinski definition) is 1. The van der Waals surface area contributed by atoms with Crippen LogP contribution in [-0.2, 0) is 10.0 Å². The lowest BCUT2D eigenvalue weighted by atomic mass is 10.0. The fourth-order valence-corrected chi connectivity index (χ4v) is 6.70. The summed E-state index contributed by atoms with van der Waals surface area (Å²) < 4.78 is 28.3. The molecule has 0 unspecified atom stereocenters. The van der Waals surface area contributed by atoms with Gasteiger partial charge in [-0.1, -0.05) is 38.1 Å². The van der Waals surface area contributed by atoms with E-state index in [0.717, 1.165) is 22.6 Å². The van der Waals surface area contributed by atoms with Crippen LogP contribution in [0, 0.1) is 6.92 Å². The molecule has 3 aromatic rings. The molecule has 0 saturated carbocycles. The van der Waals surface area contributed by atoms with Crippen molar-refractivity contribution in [2.75, 3.05) is 36.4 Å². The molecule has 1 N–H and O–H groups in total. The Balaban J connectivity index is 1.48. The molecule has 1 fully saturated rings. The summed E-state index contributed by atoms with van der Waals surface area (Å²) in [4.78, 5) is 15.5. The van der Waals surface area contributed by atoms with Crippen molar-refractivity contribution in [3.8, 4) is 0 Å². The Labute approximate surface area is 199 Å². The molecule has 174 valence electrons. The van der Waals surface area contributed by atoms with Crippen LogP contribution in [0.4, 0.5) is 11.4 Å². The normalized spacial score (nSPS) is 15.1. The van der Waals surface area contributed by atoms with Crippen LogP contribution in [0.5, 0.6) is 0 Å². The number of rotatable bonds is 6.